The molecule has 1 unspecified atom stereocenters. The average molecular weight is 285 g/mol. The second-order valence-corrected chi connectivity index (χ2v) is 7.39. The number of benzene rings is 2. The highest BCUT2D eigenvalue weighted by molar-refractivity contribution is 6.68. The fourth-order valence-corrected chi connectivity index (χ4v) is 4.42. The summed E-state index contributed by atoms with van der Waals surface area (Å²) < 4.78 is 6.29. The molecule has 2 aromatic carbocycles. The lowest BCUT2D eigenvalue weighted by Gasteiger charge is -2.19. The third-order valence-corrected chi connectivity index (χ3v) is 5.71. The fourth-order valence-electron chi connectivity index (χ4n) is 2.64. The number of unbranched alkanes of at least 4 members (excludes halogenated alkanes) is 2. The van der Waals surface area contributed by atoms with E-state index in [-0.39, 0.29) is 0 Å². The van der Waals surface area contributed by atoms with Crippen LogP contribution < -0.4 is 5.19 Å². The zero-order valence-corrected chi connectivity index (χ0v) is 13.9. The predicted molar refractivity (Wildman–Crippen MR) is 89.9 cm³/mol. The van der Waals surface area contributed by atoms with Gasteiger partial charge in [-0.25, -0.2) is 0 Å². The lowest BCUT2D eigenvalue weighted by molar-refractivity contribution is 0.212. The number of hydrogen-bond donors (Lipinski definition) is 0. The molecular formula is C18H25OSi. The van der Waals surface area contributed by atoms with Crippen molar-refractivity contribution in [2.75, 3.05) is 0 Å². The van der Waals surface area contributed by atoms with E-state index in [1.165, 1.54) is 41.6 Å². The highest BCUT2D eigenvalue weighted by Gasteiger charge is 2.15. The molecule has 1 atom stereocenters. The molecule has 2 heteroatoms. The minimum atomic E-state index is -0.928. The van der Waals surface area contributed by atoms with Gasteiger partial charge < -0.3 is 4.43 Å². The van der Waals surface area contributed by atoms with Gasteiger partial charge in [0.2, 0.25) is 9.04 Å². The molecule has 0 amide bonds. The molecule has 0 heterocycles. The van der Waals surface area contributed by atoms with Crippen LogP contribution in [0.15, 0.2) is 42.5 Å². The van der Waals surface area contributed by atoms with Crippen molar-refractivity contribution in [1.82, 2.24) is 0 Å². The zero-order valence-electron chi connectivity index (χ0n) is 12.9. The van der Waals surface area contributed by atoms with Crippen LogP contribution in [0.5, 0.6) is 0 Å². The van der Waals surface area contributed by atoms with Crippen molar-refractivity contribution >= 4 is 25.0 Å². The van der Waals surface area contributed by atoms with Gasteiger partial charge >= 0.3 is 0 Å². The Morgan fingerprint density at radius 1 is 1.05 bits per heavy atom. The molecule has 0 N–H and O–H groups in total. The standard InChI is InChI=1S/C18H25OSi/c1-4-5-6-10-15(2)19-20(3)18-14-9-12-16-11-7-8-13-17(16)18/h7-9,11-15H,4-6,10H2,1-3H3. The highest BCUT2D eigenvalue weighted by atomic mass is 28.3. The first-order valence-corrected chi connectivity index (χ1v) is 9.61. The molecule has 0 fully saturated rings. The van der Waals surface area contributed by atoms with Crippen molar-refractivity contribution in [1.29, 1.82) is 0 Å². The van der Waals surface area contributed by atoms with Crippen molar-refractivity contribution in [2.45, 2.75) is 52.2 Å². The molecule has 1 nitrogen and oxygen atoms in total. The van der Waals surface area contributed by atoms with Crippen LogP contribution in [0.1, 0.15) is 39.5 Å². The molecule has 0 saturated carbocycles. The minimum Gasteiger partial charge on any atom is -0.409 e. The van der Waals surface area contributed by atoms with Crippen LogP contribution in [0.2, 0.25) is 6.55 Å². The smallest absolute Gasteiger partial charge is 0.244 e. The summed E-state index contributed by atoms with van der Waals surface area (Å²) in [5, 5.41) is 4.07. The topological polar surface area (TPSA) is 9.23 Å². The first kappa shape index (κ1) is 15.3. The lowest BCUT2D eigenvalue weighted by Crippen LogP contribution is -2.34. The number of fused-ring (bicyclic) bond motifs is 1. The fraction of sp³-hybridized carbons (Fsp3) is 0.444. The average Bonchev–Trinajstić information content (AvgIpc) is 2.47. The monoisotopic (exact) mass is 285 g/mol. The zero-order chi connectivity index (χ0) is 14.4. The van der Waals surface area contributed by atoms with E-state index in [4.69, 9.17) is 4.43 Å². The predicted octanol–water partition coefficient (Wildman–Crippen LogP) is 4.65. The summed E-state index contributed by atoms with van der Waals surface area (Å²) in [4.78, 5) is 0. The number of rotatable bonds is 7. The van der Waals surface area contributed by atoms with Crippen LogP contribution in [0, 0.1) is 0 Å². The third kappa shape index (κ3) is 3.94. The molecule has 0 bridgehead atoms. The maximum absolute atomic E-state index is 6.29. The highest BCUT2D eigenvalue weighted by Crippen LogP contribution is 2.13. The molecule has 0 aromatic heterocycles. The Morgan fingerprint density at radius 2 is 1.80 bits per heavy atom. The molecule has 0 aliphatic carbocycles. The van der Waals surface area contributed by atoms with Crippen molar-refractivity contribution in [3.63, 3.8) is 0 Å². The molecule has 2 aromatic rings. The Labute approximate surface area is 124 Å². The third-order valence-electron chi connectivity index (χ3n) is 3.76. The van der Waals surface area contributed by atoms with Crippen LogP contribution in [0.3, 0.4) is 0 Å². The summed E-state index contributed by atoms with van der Waals surface area (Å²) in [6.45, 7) is 6.73. The van der Waals surface area contributed by atoms with Gasteiger partial charge in [0.1, 0.15) is 0 Å². The van der Waals surface area contributed by atoms with Crippen LogP contribution in [0.25, 0.3) is 10.8 Å². The van der Waals surface area contributed by atoms with Crippen molar-refractivity contribution in [3.8, 4) is 0 Å². The SMILES string of the molecule is CCCCCC(C)O[Si](C)c1cccc2ccccc12. The summed E-state index contributed by atoms with van der Waals surface area (Å²) in [5.74, 6) is 0. The first-order valence-electron chi connectivity index (χ1n) is 7.70. The summed E-state index contributed by atoms with van der Waals surface area (Å²) >= 11 is 0. The maximum Gasteiger partial charge on any atom is 0.244 e. The van der Waals surface area contributed by atoms with Gasteiger partial charge in [0.15, 0.2) is 0 Å². The Morgan fingerprint density at radius 3 is 2.60 bits per heavy atom. The van der Waals surface area contributed by atoms with Crippen molar-refractivity contribution in [3.05, 3.63) is 42.5 Å². The van der Waals surface area contributed by atoms with Crippen LogP contribution in [-0.2, 0) is 4.43 Å². The molecule has 107 valence electrons. The van der Waals surface area contributed by atoms with Gasteiger partial charge in [0.25, 0.3) is 0 Å². The quantitative estimate of drug-likeness (QED) is 0.531. The Hall–Kier alpha value is -1.12. The van der Waals surface area contributed by atoms with E-state index in [0.29, 0.717) is 6.10 Å². The van der Waals surface area contributed by atoms with E-state index < -0.39 is 9.04 Å². The van der Waals surface area contributed by atoms with Gasteiger partial charge in [-0.1, -0.05) is 68.7 Å². The molecule has 2 rings (SSSR count). The maximum atomic E-state index is 6.29. The molecule has 0 aliphatic rings. The molecule has 20 heavy (non-hydrogen) atoms. The summed E-state index contributed by atoms with van der Waals surface area (Å²) in [6, 6.07) is 15.2. The van der Waals surface area contributed by atoms with E-state index in [9.17, 15) is 0 Å². The van der Waals surface area contributed by atoms with Gasteiger partial charge in [0.05, 0.1) is 0 Å². The van der Waals surface area contributed by atoms with E-state index in [1.807, 2.05) is 0 Å². The van der Waals surface area contributed by atoms with Gasteiger partial charge in [-0.2, -0.15) is 0 Å². The normalized spacial score (nSPS) is 13.0. The Bertz CT molecular complexity index is 532. The second-order valence-electron chi connectivity index (χ2n) is 5.51. The second kappa shape index (κ2) is 7.60. The molecule has 0 spiro atoms. The van der Waals surface area contributed by atoms with Gasteiger partial charge in [-0.05, 0) is 35.9 Å². The van der Waals surface area contributed by atoms with E-state index in [0.717, 1.165) is 0 Å². The lowest BCUT2D eigenvalue weighted by atomic mass is 10.1. The first-order chi connectivity index (χ1) is 9.72. The van der Waals surface area contributed by atoms with E-state index in [1.54, 1.807) is 0 Å². The summed E-state index contributed by atoms with van der Waals surface area (Å²) in [5.41, 5.74) is 0. The van der Waals surface area contributed by atoms with Gasteiger partial charge in [0, 0.05) is 6.10 Å². The molecule has 0 saturated heterocycles. The van der Waals surface area contributed by atoms with Gasteiger partial charge in [-0.3, -0.25) is 0 Å². The van der Waals surface area contributed by atoms with E-state index >= 15 is 0 Å². The largest absolute Gasteiger partial charge is 0.409 e. The van der Waals surface area contributed by atoms with Crippen molar-refractivity contribution < 1.29 is 4.43 Å². The Balaban J connectivity index is 2.05. The summed E-state index contributed by atoms with van der Waals surface area (Å²) in [7, 11) is -0.928. The molecular weight excluding hydrogens is 260 g/mol. The molecule has 0 aliphatic heterocycles. The summed E-state index contributed by atoms with van der Waals surface area (Å²) in [6.07, 6.45) is 5.43. The van der Waals surface area contributed by atoms with Gasteiger partial charge in [-0.15, -0.1) is 0 Å². The van der Waals surface area contributed by atoms with Crippen LogP contribution in [0.4, 0.5) is 0 Å². The molecule has 1 radical (unpaired) electrons. The minimum absolute atomic E-state index is 0.374. The van der Waals surface area contributed by atoms with Crippen LogP contribution in [-0.4, -0.2) is 15.1 Å². The number of hydrogen-bond acceptors (Lipinski definition) is 1. The Kier molecular flexibility index (Phi) is 5.81. The van der Waals surface area contributed by atoms with Crippen molar-refractivity contribution in [2.24, 2.45) is 0 Å². The van der Waals surface area contributed by atoms with Crippen LogP contribution >= 0.6 is 0 Å². The van der Waals surface area contributed by atoms with E-state index in [2.05, 4.69) is 62.9 Å².